The highest BCUT2D eigenvalue weighted by atomic mass is 32.1. The molecule has 2 heterocycles. The molecule has 0 saturated carbocycles. The number of aryl methyl sites for hydroxylation is 3. The second kappa shape index (κ2) is 5.72. The Labute approximate surface area is 124 Å². The fourth-order valence-electron chi connectivity index (χ4n) is 1.65. The minimum atomic E-state index is -0.984. The van der Waals surface area contributed by atoms with Crippen molar-refractivity contribution in [1.29, 1.82) is 0 Å². The highest BCUT2D eigenvalue weighted by Crippen LogP contribution is 2.21. The van der Waals surface area contributed by atoms with E-state index in [0.29, 0.717) is 15.6 Å². The predicted octanol–water partition coefficient (Wildman–Crippen LogP) is 2.76. The maximum absolute atomic E-state index is 12.0. The molecule has 2 aromatic heterocycles. The molecule has 0 radical (unpaired) electrons. The molecule has 0 saturated heterocycles. The van der Waals surface area contributed by atoms with Gasteiger partial charge >= 0.3 is 5.97 Å². The van der Waals surface area contributed by atoms with Crippen LogP contribution >= 0.6 is 22.7 Å². The normalized spacial score (nSPS) is 10.6. The lowest BCUT2D eigenvalue weighted by Crippen LogP contribution is -2.21. The quantitative estimate of drug-likeness (QED) is 0.910. The molecule has 20 heavy (non-hydrogen) atoms. The molecule has 0 aliphatic heterocycles. The van der Waals surface area contributed by atoms with Crippen LogP contribution in [0, 0.1) is 20.8 Å². The van der Waals surface area contributed by atoms with Gasteiger partial charge in [0, 0.05) is 4.88 Å². The van der Waals surface area contributed by atoms with Crippen LogP contribution < -0.4 is 5.32 Å². The minimum absolute atomic E-state index is 0.157. The number of amides is 1. The molecule has 1 amide bonds. The van der Waals surface area contributed by atoms with Crippen LogP contribution in [0.5, 0.6) is 0 Å². The first-order valence-corrected chi connectivity index (χ1v) is 7.56. The first kappa shape index (κ1) is 14.7. The van der Waals surface area contributed by atoms with Crippen molar-refractivity contribution in [3.05, 3.63) is 37.0 Å². The van der Waals surface area contributed by atoms with Gasteiger partial charge in [0.2, 0.25) is 0 Å². The van der Waals surface area contributed by atoms with Crippen LogP contribution in [-0.4, -0.2) is 22.0 Å². The molecule has 2 N–H and O–H groups in total. The topological polar surface area (TPSA) is 79.3 Å². The highest BCUT2D eigenvalue weighted by Gasteiger charge is 2.15. The first-order valence-electron chi connectivity index (χ1n) is 5.93. The lowest BCUT2D eigenvalue weighted by atomic mass is 10.3. The van der Waals surface area contributed by atoms with Crippen molar-refractivity contribution in [1.82, 2.24) is 10.3 Å². The Morgan fingerprint density at radius 1 is 1.30 bits per heavy atom. The summed E-state index contributed by atoms with van der Waals surface area (Å²) >= 11 is 2.54. The standard InChI is InChI=1S/C13H14N2O3S2/c1-6-4-9(19-8(6)3)12(16)14-5-10-15-7(2)11(20-10)13(17)18/h4H,5H2,1-3H3,(H,14,16)(H,17,18). The summed E-state index contributed by atoms with van der Waals surface area (Å²) in [5.41, 5.74) is 1.58. The van der Waals surface area contributed by atoms with E-state index in [9.17, 15) is 9.59 Å². The van der Waals surface area contributed by atoms with E-state index in [4.69, 9.17) is 5.11 Å². The van der Waals surface area contributed by atoms with Crippen molar-refractivity contribution in [2.45, 2.75) is 27.3 Å². The summed E-state index contributed by atoms with van der Waals surface area (Å²) in [6, 6.07) is 1.85. The van der Waals surface area contributed by atoms with Gasteiger partial charge in [-0.15, -0.1) is 22.7 Å². The summed E-state index contributed by atoms with van der Waals surface area (Å²) in [5.74, 6) is -1.14. The number of hydrogen-bond acceptors (Lipinski definition) is 5. The molecule has 0 spiro atoms. The van der Waals surface area contributed by atoms with Crippen LogP contribution in [-0.2, 0) is 6.54 Å². The summed E-state index contributed by atoms with van der Waals surface area (Å²) in [4.78, 5) is 29.0. The largest absolute Gasteiger partial charge is 0.477 e. The second-order valence-corrected chi connectivity index (χ2v) is 6.70. The molecule has 5 nitrogen and oxygen atoms in total. The molecule has 0 fully saturated rings. The number of aromatic nitrogens is 1. The summed E-state index contributed by atoms with van der Waals surface area (Å²) in [6.45, 7) is 5.83. The number of carboxylic acid groups (broad SMARTS) is 1. The molecule has 0 aliphatic carbocycles. The Bertz CT molecular complexity index is 654. The van der Waals surface area contributed by atoms with Crippen LogP contribution in [0.2, 0.25) is 0 Å². The molecule has 0 atom stereocenters. The van der Waals surface area contributed by atoms with Crippen LogP contribution in [0.4, 0.5) is 0 Å². The molecule has 7 heteroatoms. The van der Waals surface area contributed by atoms with E-state index in [2.05, 4.69) is 10.3 Å². The third-order valence-electron chi connectivity index (χ3n) is 2.83. The van der Waals surface area contributed by atoms with Crippen LogP contribution in [0.3, 0.4) is 0 Å². The van der Waals surface area contributed by atoms with Gasteiger partial charge in [0.25, 0.3) is 5.91 Å². The molecule has 2 rings (SSSR count). The number of rotatable bonds is 4. The zero-order chi connectivity index (χ0) is 14.9. The number of thiophene rings is 1. The lowest BCUT2D eigenvalue weighted by Gasteiger charge is -1.99. The van der Waals surface area contributed by atoms with Gasteiger partial charge < -0.3 is 10.4 Å². The van der Waals surface area contributed by atoms with Gasteiger partial charge in [-0.1, -0.05) is 0 Å². The zero-order valence-corrected chi connectivity index (χ0v) is 12.9. The van der Waals surface area contributed by atoms with E-state index in [0.717, 1.165) is 21.8 Å². The van der Waals surface area contributed by atoms with Crippen LogP contribution in [0.15, 0.2) is 6.07 Å². The SMILES string of the molecule is Cc1cc(C(=O)NCc2nc(C)c(C(=O)O)s2)sc1C. The van der Waals surface area contributed by atoms with Crippen molar-refractivity contribution in [3.63, 3.8) is 0 Å². The Morgan fingerprint density at radius 2 is 2.00 bits per heavy atom. The predicted molar refractivity (Wildman–Crippen MR) is 78.8 cm³/mol. The highest BCUT2D eigenvalue weighted by molar-refractivity contribution is 7.14. The van der Waals surface area contributed by atoms with Crippen molar-refractivity contribution in [3.8, 4) is 0 Å². The van der Waals surface area contributed by atoms with E-state index < -0.39 is 5.97 Å². The summed E-state index contributed by atoms with van der Waals surface area (Å²) < 4.78 is 0. The van der Waals surface area contributed by atoms with Gasteiger partial charge in [-0.3, -0.25) is 4.79 Å². The van der Waals surface area contributed by atoms with Crippen molar-refractivity contribution < 1.29 is 14.7 Å². The van der Waals surface area contributed by atoms with Gasteiger partial charge in [0.05, 0.1) is 17.1 Å². The molecular formula is C13H14N2O3S2. The molecule has 0 aromatic carbocycles. The van der Waals surface area contributed by atoms with Gasteiger partial charge in [0.1, 0.15) is 9.88 Å². The third kappa shape index (κ3) is 3.05. The summed E-state index contributed by atoms with van der Waals surface area (Å²) in [7, 11) is 0. The van der Waals surface area contributed by atoms with E-state index in [1.165, 1.54) is 11.3 Å². The third-order valence-corrected chi connectivity index (χ3v) is 5.12. The van der Waals surface area contributed by atoms with E-state index in [-0.39, 0.29) is 17.3 Å². The molecule has 2 aromatic rings. The van der Waals surface area contributed by atoms with Gasteiger partial charge in [-0.2, -0.15) is 0 Å². The van der Waals surface area contributed by atoms with E-state index in [1.807, 2.05) is 19.9 Å². The summed E-state index contributed by atoms with van der Waals surface area (Å²) in [6.07, 6.45) is 0. The number of carboxylic acids is 1. The fraction of sp³-hybridized carbons (Fsp3) is 0.308. The Hall–Kier alpha value is -1.73. The molecular weight excluding hydrogens is 296 g/mol. The molecule has 0 unspecified atom stereocenters. The van der Waals surface area contributed by atoms with Gasteiger partial charge in [-0.25, -0.2) is 9.78 Å². The van der Waals surface area contributed by atoms with E-state index in [1.54, 1.807) is 6.92 Å². The Kier molecular flexibility index (Phi) is 4.20. The second-order valence-electron chi connectivity index (χ2n) is 4.36. The number of carbonyl (C=O) groups excluding carboxylic acids is 1. The number of carbonyl (C=O) groups is 2. The first-order chi connectivity index (χ1) is 9.38. The van der Waals surface area contributed by atoms with Crippen molar-refractivity contribution >= 4 is 34.6 Å². The van der Waals surface area contributed by atoms with E-state index >= 15 is 0 Å². The van der Waals surface area contributed by atoms with Gasteiger partial charge in [-0.05, 0) is 32.4 Å². The minimum Gasteiger partial charge on any atom is -0.477 e. The fourth-order valence-corrected chi connectivity index (χ4v) is 3.45. The van der Waals surface area contributed by atoms with Crippen LogP contribution in [0.1, 0.15) is 40.5 Å². The maximum atomic E-state index is 12.0. The average molecular weight is 310 g/mol. The monoisotopic (exact) mass is 310 g/mol. The van der Waals surface area contributed by atoms with Crippen molar-refractivity contribution in [2.24, 2.45) is 0 Å². The number of thiazole rings is 1. The Morgan fingerprint density at radius 3 is 2.50 bits per heavy atom. The van der Waals surface area contributed by atoms with Crippen molar-refractivity contribution in [2.75, 3.05) is 0 Å². The zero-order valence-electron chi connectivity index (χ0n) is 11.3. The number of aromatic carboxylic acids is 1. The summed E-state index contributed by atoms with van der Waals surface area (Å²) in [5, 5.41) is 12.3. The molecule has 0 aliphatic rings. The van der Waals surface area contributed by atoms with Gasteiger partial charge in [0.15, 0.2) is 0 Å². The van der Waals surface area contributed by atoms with Crippen LogP contribution in [0.25, 0.3) is 0 Å². The number of nitrogens with zero attached hydrogens (tertiary/aromatic N) is 1. The lowest BCUT2D eigenvalue weighted by molar-refractivity contribution is 0.0701. The molecule has 0 bridgehead atoms. The maximum Gasteiger partial charge on any atom is 0.347 e. The Balaban J connectivity index is 2.03. The number of hydrogen-bond donors (Lipinski definition) is 2. The molecule has 106 valence electrons. The number of nitrogens with one attached hydrogen (secondary N) is 1. The smallest absolute Gasteiger partial charge is 0.347 e. The average Bonchev–Trinajstić information content (AvgIpc) is 2.91.